The maximum Gasteiger partial charge on any atom is 0.306 e. The van der Waals surface area contributed by atoms with Gasteiger partial charge in [0.15, 0.2) is 0 Å². The van der Waals surface area contributed by atoms with Crippen molar-refractivity contribution in [3.63, 3.8) is 0 Å². The summed E-state index contributed by atoms with van der Waals surface area (Å²) < 4.78 is 5.31. The average Bonchev–Trinajstić information content (AvgIpc) is 2.66. The summed E-state index contributed by atoms with van der Waals surface area (Å²) in [6.45, 7) is 6.36. The molecule has 29 heavy (non-hydrogen) atoms. The summed E-state index contributed by atoms with van der Waals surface area (Å²) in [5, 5.41) is 24.4. The molecular formula is C21H32N2O6. The summed E-state index contributed by atoms with van der Waals surface area (Å²) in [4.78, 5) is 34.1. The fourth-order valence-corrected chi connectivity index (χ4v) is 2.87. The lowest BCUT2D eigenvalue weighted by Gasteiger charge is -2.15. The van der Waals surface area contributed by atoms with Crippen LogP contribution in [0.3, 0.4) is 0 Å². The number of carboxylic acids is 1. The van der Waals surface area contributed by atoms with Gasteiger partial charge in [-0.15, -0.1) is 0 Å². The highest BCUT2D eigenvalue weighted by Crippen LogP contribution is 2.26. The molecule has 2 atom stereocenters. The molecule has 0 saturated heterocycles. The normalized spacial score (nSPS) is 12.8. The molecule has 0 aliphatic rings. The molecule has 0 aliphatic heterocycles. The number of phenolic OH excluding ortho intramolecular Hbond substituents is 1. The molecule has 0 aliphatic carbocycles. The van der Waals surface area contributed by atoms with Gasteiger partial charge in [0.05, 0.1) is 31.2 Å². The zero-order chi connectivity index (χ0) is 21.8. The summed E-state index contributed by atoms with van der Waals surface area (Å²) in [5.74, 6) is -1.45. The average molecular weight is 408 g/mol. The van der Waals surface area contributed by atoms with Crippen LogP contribution in [-0.2, 0) is 25.5 Å². The first-order chi connectivity index (χ1) is 13.7. The van der Waals surface area contributed by atoms with Gasteiger partial charge in [0.2, 0.25) is 11.8 Å². The van der Waals surface area contributed by atoms with Gasteiger partial charge in [0.25, 0.3) is 0 Å². The largest absolute Gasteiger partial charge is 0.506 e. The molecule has 1 rings (SSSR count). The molecule has 0 bridgehead atoms. The minimum absolute atomic E-state index is 0.0307. The summed E-state index contributed by atoms with van der Waals surface area (Å²) in [5.41, 5.74) is 1.23. The van der Waals surface area contributed by atoms with Crippen LogP contribution in [0.1, 0.15) is 45.6 Å². The lowest BCUT2D eigenvalue weighted by Crippen LogP contribution is -2.26. The molecule has 2 amide bonds. The zero-order valence-corrected chi connectivity index (χ0v) is 17.4. The number of anilines is 1. The van der Waals surface area contributed by atoms with E-state index in [1.165, 1.54) is 6.07 Å². The Bertz CT molecular complexity index is 692. The molecule has 0 aromatic heterocycles. The highest BCUT2D eigenvalue weighted by molar-refractivity contribution is 5.92. The maximum atomic E-state index is 12.1. The molecule has 0 spiro atoms. The molecule has 1 aromatic carbocycles. The molecule has 0 fully saturated rings. The Morgan fingerprint density at radius 1 is 1.14 bits per heavy atom. The van der Waals surface area contributed by atoms with Gasteiger partial charge in [-0.1, -0.05) is 26.8 Å². The van der Waals surface area contributed by atoms with E-state index in [0.717, 1.165) is 5.56 Å². The van der Waals surface area contributed by atoms with Crippen LogP contribution in [0.4, 0.5) is 5.69 Å². The minimum atomic E-state index is -0.814. The smallest absolute Gasteiger partial charge is 0.306 e. The number of rotatable bonds is 13. The van der Waals surface area contributed by atoms with E-state index in [-0.39, 0.29) is 36.5 Å². The van der Waals surface area contributed by atoms with E-state index in [2.05, 4.69) is 10.6 Å². The number of hydrogen-bond acceptors (Lipinski definition) is 5. The summed E-state index contributed by atoms with van der Waals surface area (Å²) in [6, 6.07) is 4.99. The Morgan fingerprint density at radius 3 is 2.52 bits per heavy atom. The third-order valence-corrected chi connectivity index (χ3v) is 4.46. The third kappa shape index (κ3) is 9.94. The van der Waals surface area contributed by atoms with Crippen molar-refractivity contribution in [2.75, 3.05) is 25.1 Å². The van der Waals surface area contributed by atoms with Gasteiger partial charge in [0, 0.05) is 13.0 Å². The number of aromatic hydroxyl groups is 1. The molecule has 4 N–H and O–H groups in total. The molecule has 8 nitrogen and oxygen atoms in total. The number of aliphatic carboxylic acids is 1. The summed E-state index contributed by atoms with van der Waals surface area (Å²) in [7, 11) is 0. The second-order valence-electron chi connectivity index (χ2n) is 7.25. The fourth-order valence-electron chi connectivity index (χ4n) is 2.87. The molecular weight excluding hydrogens is 376 g/mol. The Balaban J connectivity index is 2.45. The molecule has 1 aromatic rings. The number of benzene rings is 1. The van der Waals surface area contributed by atoms with E-state index in [1.807, 2.05) is 6.92 Å². The van der Waals surface area contributed by atoms with Gasteiger partial charge in [0.1, 0.15) is 5.75 Å². The molecule has 1 unspecified atom stereocenters. The van der Waals surface area contributed by atoms with E-state index < -0.39 is 11.9 Å². The monoisotopic (exact) mass is 408 g/mol. The third-order valence-electron chi connectivity index (χ3n) is 4.46. The second kappa shape index (κ2) is 12.8. The van der Waals surface area contributed by atoms with Crippen LogP contribution < -0.4 is 10.6 Å². The second-order valence-corrected chi connectivity index (χ2v) is 7.25. The zero-order valence-electron chi connectivity index (χ0n) is 17.4. The van der Waals surface area contributed by atoms with Crippen molar-refractivity contribution < 1.29 is 29.3 Å². The van der Waals surface area contributed by atoms with Crippen LogP contribution >= 0.6 is 0 Å². The van der Waals surface area contributed by atoms with Gasteiger partial charge >= 0.3 is 5.97 Å². The number of hydrogen-bond donors (Lipinski definition) is 4. The number of carbonyl (C=O) groups excluding carboxylic acids is 2. The predicted octanol–water partition coefficient (Wildman–Crippen LogP) is 2.55. The number of phenols is 1. The number of amides is 2. The first-order valence-electron chi connectivity index (χ1n) is 9.91. The molecule has 0 radical (unpaired) electrons. The fraction of sp³-hybridized carbons (Fsp3) is 0.571. The van der Waals surface area contributed by atoms with E-state index in [9.17, 15) is 19.5 Å². The Hall–Kier alpha value is -2.61. The van der Waals surface area contributed by atoms with Crippen LogP contribution in [0.25, 0.3) is 0 Å². The van der Waals surface area contributed by atoms with E-state index in [1.54, 1.807) is 26.0 Å². The highest BCUT2D eigenvalue weighted by atomic mass is 16.5. The Kier molecular flexibility index (Phi) is 10.8. The lowest BCUT2D eigenvalue weighted by molar-refractivity contribution is -0.141. The topological polar surface area (TPSA) is 125 Å². The minimum Gasteiger partial charge on any atom is -0.506 e. The van der Waals surface area contributed by atoms with Crippen molar-refractivity contribution in [1.82, 2.24) is 5.32 Å². The van der Waals surface area contributed by atoms with Crippen LogP contribution in [0.5, 0.6) is 5.75 Å². The van der Waals surface area contributed by atoms with Crippen molar-refractivity contribution >= 4 is 23.5 Å². The Morgan fingerprint density at radius 2 is 1.86 bits per heavy atom. The van der Waals surface area contributed by atoms with Crippen molar-refractivity contribution in [1.29, 1.82) is 0 Å². The van der Waals surface area contributed by atoms with Crippen molar-refractivity contribution in [2.45, 2.75) is 46.5 Å². The first kappa shape index (κ1) is 24.4. The van der Waals surface area contributed by atoms with Crippen molar-refractivity contribution in [3.8, 4) is 5.75 Å². The summed E-state index contributed by atoms with van der Waals surface area (Å²) in [6.07, 6.45) is 1.74. The number of carboxylic acid groups (broad SMARTS) is 1. The highest BCUT2D eigenvalue weighted by Gasteiger charge is 2.16. The Labute approximate surface area is 171 Å². The first-order valence-corrected chi connectivity index (χ1v) is 9.91. The van der Waals surface area contributed by atoms with Crippen LogP contribution in [0, 0.1) is 11.8 Å². The van der Waals surface area contributed by atoms with Gasteiger partial charge in [-0.25, -0.2) is 0 Å². The number of carbonyl (C=O) groups is 3. The number of ether oxygens (including phenoxy) is 1. The van der Waals surface area contributed by atoms with Crippen LogP contribution in [0.2, 0.25) is 0 Å². The van der Waals surface area contributed by atoms with Gasteiger partial charge in [-0.3, -0.25) is 14.4 Å². The standard InChI is InChI=1S/C21H32N2O6/c1-4-19(25)22-8-10-29-9-7-20(26)23-17-13-16(5-6-18(17)24)12-14(2)11-15(3)21(27)28/h5-6,13-15,24H,4,7-12H2,1-3H3,(H,22,25)(H,23,26)(H,27,28)/t14-,15?/m1/s1. The molecule has 0 heterocycles. The van der Waals surface area contributed by atoms with Crippen molar-refractivity contribution in [2.24, 2.45) is 11.8 Å². The quantitative estimate of drug-likeness (QED) is 0.294. The van der Waals surface area contributed by atoms with Crippen LogP contribution in [-0.4, -0.2) is 47.8 Å². The lowest BCUT2D eigenvalue weighted by atomic mass is 9.91. The molecule has 0 saturated carbocycles. The number of nitrogens with one attached hydrogen (secondary N) is 2. The summed E-state index contributed by atoms with van der Waals surface area (Å²) >= 11 is 0. The molecule has 162 valence electrons. The van der Waals surface area contributed by atoms with Crippen molar-refractivity contribution in [3.05, 3.63) is 23.8 Å². The maximum absolute atomic E-state index is 12.1. The van der Waals surface area contributed by atoms with E-state index in [4.69, 9.17) is 9.84 Å². The molecule has 8 heteroatoms. The SMILES string of the molecule is CCC(=O)NCCOCCC(=O)Nc1cc(C[C@H](C)CC(C)C(=O)O)ccc1O. The van der Waals surface area contributed by atoms with Gasteiger partial charge in [-0.2, -0.15) is 0 Å². The van der Waals surface area contributed by atoms with Crippen LogP contribution in [0.15, 0.2) is 18.2 Å². The van der Waals surface area contributed by atoms with Gasteiger partial charge in [-0.05, 0) is 36.5 Å². The van der Waals surface area contributed by atoms with E-state index in [0.29, 0.717) is 38.1 Å². The van der Waals surface area contributed by atoms with Gasteiger partial charge < -0.3 is 25.6 Å². The predicted molar refractivity (Wildman–Crippen MR) is 110 cm³/mol. The van der Waals surface area contributed by atoms with E-state index >= 15 is 0 Å².